The lowest BCUT2D eigenvalue weighted by Gasteiger charge is -2.21. The Morgan fingerprint density at radius 1 is 1.37 bits per heavy atom. The summed E-state index contributed by atoms with van der Waals surface area (Å²) in [5.41, 5.74) is 0. The molecule has 1 aliphatic rings. The maximum Gasteiger partial charge on any atom is 0.390 e. The van der Waals surface area contributed by atoms with Gasteiger partial charge in [0.2, 0.25) is 5.89 Å². The summed E-state index contributed by atoms with van der Waals surface area (Å²) in [7, 11) is 0. The van der Waals surface area contributed by atoms with Gasteiger partial charge in [0, 0.05) is 6.54 Å². The molecule has 1 aliphatic heterocycles. The average Bonchev–Trinajstić information content (AvgIpc) is 2.96. The zero-order valence-electron chi connectivity index (χ0n) is 11.5. The molecule has 19 heavy (non-hydrogen) atoms. The third-order valence-corrected chi connectivity index (χ3v) is 2.87. The van der Waals surface area contributed by atoms with E-state index in [-0.39, 0.29) is 12.6 Å². The van der Waals surface area contributed by atoms with Crippen LogP contribution in [-0.4, -0.2) is 34.3 Å². The summed E-state index contributed by atoms with van der Waals surface area (Å²) in [6.45, 7) is 6.35. The first-order chi connectivity index (χ1) is 8.96. The van der Waals surface area contributed by atoms with Crippen molar-refractivity contribution in [2.24, 2.45) is 0 Å². The largest absolute Gasteiger partial charge is 0.390 e. The van der Waals surface area contributed by atoms with Crippen molar-refractivity contribution in [1.82, 2.24) is 15.0 Å². The van der Waals surface area contributed by atoms with Gasteiger partial charge in [-0.1, -0.05) is 19.0 Å². The highest BCUT2D eigenvalue weighted by atomic mass is 19.4. The van der Waals surface area contributed by atoms with Crippen molar-refractivity contribution < 1.29 is 17.7 Å². The first kappa shape index (κ1) is 15.9. The third-order valence-electron chi connectivity index (χ3n) is 2.87. The van der Waals surface area contributed by atoms with Gasteiger partial charge in [0.05, 0.1) is 12.5 Å². The maximum absolute atomic E-state index is 12.2. The van der Waals surface area contributed by atoms with E-state index in [4.69, 9.17) is 4.52 Å². The highest BCUT2D eigenvalue weighted by molar-refractivity contribution is 4.95. The number of likely N-dealkylation sites (tertiary alicyclic amines) is 1. The number of nitrogens with zero attached hydrogens (tertiary/aromatic N) is 3. The molecule has 1 atom stereocenters. The van der Waals surface area contributed by atoms with E-state index in [9.17, 15) is 13.2 Å². The van der Waals surface area contributed by atoms with Gasteiger partial charge in [0.1, 0.15) is 0 Å². The molecule has 4 nitrogen and oxygen atoms in total. The van der Waals surface area contributed by atoms with Crippen molar-refractivity contribution in [2.75, 3.05) is 13.1 Å². The Morgan fingerprint density at radius 3 is 2.58 bits per heavy atom. The molecule has 0 aromatic carbocycles. The smallest absolute Gasteiger partial charge is 0.338 e. The molecule has 1 unspecified atom stereocenters. The van der Waals surface area contributed by atoms with Gasteiger partial charge in [0.25, 0.3) is 0 Å². The van der Waals surface area contributed by atoms with Crippen LogP contribution in [0.5, 0.6) is 0 Å². The van der Waals surface area contributed by atoms with Gasteiger partial charge < -0.3 is 4.52 Å². The number of aromatic nitrogens is 2. The van der Waals surface area contributed by atoms with Crippen LogP contribution in [0.3, 0.4) is 0 Å². The van der Waals surface area contributed by atoms with E-state index < -0.39 is 12.6 Å². The highest BCUT2D eigenvalue weighted by Gasteiger charge is 2.34. The van der Waals surface area contributed by atoms with Crippen molar-refractivity contribution in [1.29, 1.82) is 0 Å². The number of hydrogen-bond donors (Lipinski definition) is 0. The van der Waals surface area contributed by atoms with Gasteiger partial charge in [0.15, 0.2) is 5.82 Å². The molecule has 1 saturated heterocycles. The normalized spacial score (nSPS) is 20.2. The van der Waals surface area contributed by atoms with E-state index in [2.05, 4.69) is 10.1 Å². The van der Waals surface area contributed by atoms with E-state index in [0.717, 1.165) is 12.8 Å². The van der Waals surface area contributed by atoms with Crippen LogP contribution in [0.4, 0.5) is 13.2 Å². The van der Waals surface area contributed by atoms with Gasteiger partial charge in [-0.05, 0) is 26.3 Å². The SMILES string of the molecule is CC.Cc1noc(C2CCCN2CCC(F)(F)F)n1. The van der Waals surface area contributed by atoms with Crippen molar-refractivity contribution >= 4 is 0 Å². The third kappa shape index (κ3) is 4.81. The molecule has 1 fully saturated rings. The fourth-order valence-corrected chi connectivity index (χ4v) is 2.09. The van der Waals surface area contributed by atoms with E-state index in [1.807, 2.05) is 13.8 Å². The summed E-state index contributed by atoms with van der Waals surface area (Å²) in [6, 6.07) is -0.154. The van der Waals surface area contributed by atoms with Crippen molar-refractivity contribution in [3.63, 3.8) is 0 Å². The summed E-state index contributed by atoms with van der Waals surface area (Å²) in [4.78, 5) is 5.85. The van der Waals surface area contributed by atoms with Crippen molar-refractivity contribution in [2.45, 2.75) is 52.3 Å². The van der Waals surface area contributed by atoms with Crippen LogP contribution in [0.2, 0.25) is 0 Å². The van der Waals surface area contributed by atoms with E-state index >= 15 is 0 Å². The Hall–Kier alpha value is -1.11. The molecule has 7 heteroatoms. The fraction of sp³-hybridized carbons (Fsp3) is 0.833. The Labute approximate surface area is 111 Å². The zero-order chi connectivity index (χ0) is 14.5. The molecule has 2 rings (SSSR count). The second-order valence-electron chi connectivity index (χ2n) is 4.24. The van der Waals surface area contributed by atoms with Crippen LogP contribution in [0, 0.1) is 6.92 Å². The molecule has 0 N–H and O–H groups in total. The minimum absolute atomic E-state index is 0.00437. The summed E-state index contributed by atoms with van der Waals surface area (Å²) in [6.07, 6.45) is -3.27. The highest BCUT2D eigenvalue weighted by Crippen LogP contribution is 2.32. The first-order valence-electron chi connectivity index (χ1n) is 6.57. The number of aryl methyl sites for hydroxylation is 1. The topological polar surface area (TPSA) is 42.2 Å². The van der Waals surface area contributed by atoms with Crippen molar-refractivity contribution in [3.8, 4) is 0 Å². The minimum Gasteiger partial charge on any atom is -0.338 e. The second kappa shape index (κ2) is 6.88. The van der Waals surface area contributed by atoms with E-state index in [1.54, 1.807) is 11.8 Å². The van der Waals surface area contributed by atoms with Crippen LogP contribution in [0.1, 0.15) is 50.9 Å². The summed E-state index contributed by atoms with van der Waals surface area (Å²) in [5, 5.41) is 3.67. The van der Waals surface area contributed by atoms with Crippen LogP contribution >= 0.6 is 0 Å². The predicted octanol–water partition coefficient (Wildman–Crippen LogP) is 3.49. The zero-order valence-corrected chi connectivity index (χ0v) is 11.5. The van der Waals surface area contributed by atoms with Gasteiger partial charge in [-0.25, -0.2) is 0 Å². The molecule has 0 amide bonds. The molecule has 1 aromatic rings. The average molecular weight is 279 g/mol. The molecule has 0 aliphatic carbocycles. The van der Waals surface area contributed by atoms with Gasteiger partial charge >= 0.3 is 6.18 Å². The lowest BCUT2D eigenvalue weighted by molar-refractivity contribution is -0.138. The minimum atomic E-state index is -4.11. The molecular weight excluding hydrogens is 259 g/mol. The van der Waals surface area contributed by atoms with E-state index in [0.29, 0.717) is 18.3 Å². The van der Waals surface area contributed by atoms with Crippen molar-refractivity contribution in [3.05, 3.63) is 11.7 Å². The molecule has 0 spiro atoms. The molecule has 1 aromatic heterocycles. The Bertz CT molecular complexity index is 379. The molecule has 0 bridgehead atoms. The molecule has 0 saturated carbocycles. The van der Waals surface area contributed by atoms with Gasteiger partial charge in [-0.2, -0.15) is 18.2 Å². The Morgan fingerprint density at radius 2 is 2.05 bits per heavy atom. The maximum atomic E-state index is 12.2. The number of alkyl halides is 3. The fourth-order valence-electron chi connectivity index (χ4n) is 2.09. The van der Waals surface area contributed by atoms with E-state index in [1.165, 1.54) is 0 Å². The monoisotopic (exact) mass is 279 g/mol. The predicted molar refractivity (Wildman–Crippen MR) is 64.6 cm³/mol. The van der Waals surface area contributed by atoms with Gasteiger partial charge in [-0.3, -0.25) is 4.90 Å². The quantitative estimate of drug-likeness (QED) is 0.849. The molecule has 110 valence electrons. The number of halogens is 3. The number of hydrogen-bond acceptors (Lipinski definition) is 4. The molecule has 0 radical (unpaired) electrons. The lowest BCUT2D eigenvalue weighted by atomic mass is 10.2. The Balaban J connectivity index is 0.000000861. The standard InChI is InChI=1S/C10H14F3N3O.C2H6/c1-7-14-9(17-15-7)8-3-2-5-16(8)6-4-10(11,12)13;1-2/h8H,2-6H2,1H3;1-2H3. The number of rotatable bonds is 3. The van der Waals surface area contributed by atoms with Crippen LogP contribution < -0.4 is 0 Å². The van der Waals surface area contributed by atoms with Crippen LogP contribution in [-0.2, 0) is 0 Å². The summed E-state index contributed by atoms with van der Waals surface area (Å²) >= 11 is 0. The summed E-state index contributed by atoms with van der Waals surface area (Å²) in [5.74, 6) is 0.949. The first-order valence-corrected chi connectivity index (χ1v) is 6.57. The van der Waals surface area contributed by atoms with Crippen LogP contribution in [0.25, 0.3) is 0 Å². The molecule has 2 heterocycles. The Kier molecular flexibility index (Phi) is 5.78. The summed E-state index contributed by atoms with van der Waals surface area (Å²) < 4.78 is 41.5. The second-order valence-corrected chi connectivity index (χ2v) is 4.24. The van der Waals surface area contributed by atoms with Crippen LogP contribution in [0.15, 0.2) is 4.52 Å². The molecular formula is C12H20F3N3O. The lowest BCUT2D eigenvalue weighted by Crippen LogP contribution is -2.28. The van der Waals surface area contributed by atoms with Gasteiger partial charge in [-0.15, -0.1) is 0 Å².